The Morgan fingerprint density at radius 3 is 2.66 bits per heavy atom. The van der Waals surface area contributed by atoms with Gasteiger partial charge >= 0.3 is 5.97 Å². The molecule has 11 nitrogen and oxygen atoms in total. The molecule has 0 aliphatic carbocycles. The molecule has 0 unspecified atom stereocenters. The maximum absolute atomic E-state index is 12.9. The molecule has 1 saturated heterocycles. The number of aromatic nitrogens is 1. The van der Waals surface area contributed by atoms with Crippen molar-refractivity contribution in [2.45, 2.75) is 55.9 Å². The molecule has 14 heteroatoms. The number of benzene rings is 1. The first kappa shape index (κ1) is 30.3. The standard InChI is InChI=1S/C27H33F2N5O6S/c28-24(29)18-5-3-8-21(13-18)41(39,40)34-15-19(16-34)26(36)33-22(27(37)38)14-31-23(35)9-2-1-7-20-11-10-17-6-4-12-30-25(17)32-20/h3,5,8,10-11,13,19,22,24H,1-2,4,6-7,9,12,14-16H2,(H,30,32)(H,31,35)(H,33,36)(H,37,38)/t22-/m0/s1. The highest BCUT2D eigenvalue weighted by molar-refractivity contribution is 7.89. The number of hydrogen-bond acceptors (Lipinski definition) is 7. The highest BCUT2D eigenvalue weighted by Gasteiger charge is 2.41. The molecule has 2 aliphatic rings. The molecule has 2 aromatic rings. The van der Waals surface area contributed by atoms with Crippen molar-refractivity contribution in [1.29, 1.82) is 0 Å². The third-order valence-corrected chi connectivity index (χ3v) is 8.95. The molecular weight excluding hydrogens is 560 g/mol. The Balaban J connectivity index is 1.18. The maximum Gasteiger partial charge on any atom is 0.328 e. The molecule has 41 heavy (non-hydrogen) atoms. The van der Waals surface area contributed by atoms with Crippen LogP contribution in [0.3, 0.4) is 0 Å². The Bertz CT molecular complexity index is 1380. The van der Waals surface area contributed by atoms with Crippen LogP contribution in [0.25, 0.3) is 0 Å². The van der Waals surface area contributed by atoms with Crippen molar-refractivity contribution in [2.24, 2.45) is 5.92 Å². The van der Waals surface area contributed by atoms with Crippen LogP contribution < -0.4 is 16.0 Å². The zero-order chi connectivity index (χ0) is 29.6. The molecule has 1 aromatic heterocycles. The lowest BCUT2D eigenvalue weighted by Gasteiger charge is -2.37. The molecule has 0 radical (unpaired) electrons. The van der Waals surface area contributed by atoms with Gasteiger partial charge in [-0.25, -0.2) is 27.0 Å². The van der Waals surface area contributed by atoms with Gasteiger partial charge in [0.2, 0.25) is 21.8 Å². The molecule has 1 atom stereocenters. The zero-order valence-electron chi connectivity index (χ0n) is 22.3. The van der Waals surface area contributed by atoms with Gasteiger partial charge in [-0.3, -0.25) is 9.59 Å². The number of carbonyl (C=O) groups is 3. The van der Waals surface area contributed by atoms with Crippen molar-refractivity contribution in [3.8, 4) is 0 Å². The number of aliphatic carboxylic acids is 1. The van der Waals surface area contributed by atoms with Gasteiger partial charge in [0.25, 0.3) is 6.43 Å². The van der Waals surface area contributed by atoms with E-state index in [4.69, 9.17) is 0 Å². The van der Waals surface area contributed by atoms with E-state index in [0.717, 1.165) is 53.8 Å². The van der Waals surface area contributed by atoms with Crippen LogP contribution in [-0.2, 0) is 37.2 Å². The van der Waals surface area contributed by atoms with Crippen LogP contribution in [0.1, 0.15) is 48.9 Å². The smallest absolute Gasteiger partial charge is 0.328 e. The number of alkyl halides is 2. The van der Waals surface area contributed by atoms with Gasteiger partial charge in [0.05, 0.1) is 10.8 Å². The number of carboxylic acids is 1. The van der Waals surface area contributed by atoms with E-state index in [-0.39, 0.29) is 36.9 Å². The number of pyridine rings is 1. The first-order valence-electron chi connectivity index (χ1n) is 13.5. The molecule has 4 rings (SSSR count). The number of unbranched alkanes of at least 4 members (excludes halogenated alkanes) is 1. The molecular formula is C27H33F2N5O6S. The highest BCUT2D eigenvalue weighted by Crippen LogP contribution is 2.28. The second kappa shape index (κ2) is 13.3. The van der Waals surface area contributed by atoms with Crippen molar-refractivity contribution in [2.75, 3.05) is 31.5 Å². The Kier molecular flexibility index (Phi) is 9.86. The summed E-state index contributed by atoms with van der Waals surface area (Å²) in [5.74, 6) is -2.26. The van der Waals surface area contributed by atoms with Gasteiger partial charge in [-0.15, -0.1) is 0 Å². The number of aryl methyl sites for hydroxylation is 2. The summed E-state index contributed by atoms with van der Waals surface area (Å²) in [4.78, 5) is 40.8. The predicted octanol–water partition coefficient (Wildman–Crippen LogP) is 2.10. The monoisotopic (exact) mass is 593 g/mol. The number of nitrogens with one attached hydrogen (secondary N) is 3. The largest absolute Gasteiger partial charge is 0.480 e. The van der Waals surface area contributed by atoms with Gasteiger partial charge < -0.3 is 21.1 Å². The first-order valence-corrected chi connectivity index (χ1v) is 14.9. The number of rotatable bonds is 13. The van der Waals surface area contributed by atoms with Crippen LogP contribution in [0.2, 0.25) is 0 Å². The molecule has 1 aromatic carbocycles. The Labute approximate surface area is 236 Å². The minimum Gasteiger partial charge on any atom is -0.480 e. The molecule has 2 amide bonds. The number of hydrogen-bond donors (Lipinski definition) is 4. The average molecular weight is 594 g/mol. The highest BCUT2D eigenvalue weighted by atomic mass is 32.2. The molecule has 0 saturated carbocycles. The van der Waals surface area contributed by atoms with Crippen LogP contribution in [0, 0.1) is 5.92 Å². The van der Waals surface area contributed by atoms with Crippen molar-refractivity contribution < 1.29 is 36.7 Å². The second-order valence-corrected chi connectivity index (χ2v) is 12.1. The van der Waals surface area contributed by atoms with Crippen LogP contribution in [0.15, 0.2) is 41.3 Å². The van der Waals surface area contributed by atoms with E-state index >= 15 is 0 Å². The van der Waals surface area contributed by atoms with Crippen molar-refractivity contribution in [1.82, 2.24) is 19.9 Å². The Morgan fingerprint density at radius 2 is 1.93 bits per heavy atom. The maximum atomic E-state index is 12.9. The Morgan fingerprint density at radius 1 is 1.15 bits per heavy atom. The number of carboxylic acid groups (broad SMARTS) is 1. The fourth-order valence-electron chi connectivity index (χ4n) is 4.65. The molecule has 0 spiro atoms. The summed E-state index contributed by atoms with van der Waals surface area (Å²) >= 11 is 0. The van der Waals surface area contributed by atoms with Gasteiger partial charge in [0, 0.05) is 43.9 Å². The summed E-state index contributed by atoms with van der Waals surface area (Å²) in [6.07, 6.45) is 1.47. The zero-order valence-corrected chi connectivity index (χ0v) is 23.1. The first-order chi connectivity index (χ1) is 19.5. The lowest BCUT2D eigenvalue weighted by atomic mass is 10.0. The predicted molar refractivity (Wildman–Crippen MR) is 145 cm³/mol. The average Bonchev–Trinajstić information content (AvgIpc) is 2.92. The summed E-state index contributed by atoms with van der Waals surface area (Å²) in [5, 5.41) is 17.6. The summed E-state index contributed by atoms with van der Waals surface area (Å²) in [6.45, 7) is 0.137. The summed E-state index contributed by atoms with van der Waals surface area (Å²) in [5.41, 5.74) is 1.71. The van der Waals surface area contributed by atoms with Crippen LogP contribution in [0.5, 0.6) is 0 Å². The van der Waals surface area contributed by atoms with Crippen LogP contribution in [0.4, 0.5) is 14.6 Å². The summed E-state index contributed by atoms with van der Waals surface area (Å²) < 4.78 is 52.3. The minimum absolute atomic E-state index is 0.186. The minimum atomic E-state index is -4.08. The van der Waals surface area contributed by atoms with E-state index in [9.17, 15) is 36.7 Å². The lowest BCUT2D eigenvalue weighted by Crippen LogP contribution is -2.58. The number of halogens is 2. The number of amides is 2. The van der Waals surface area contributed by atoms with Crippen LogP contribution >= 0.6 is 0 Å². The van der Waals surface area contributed by atoms with Gasteiger partial charge in [0.15, 0.2) is 0 Å². The molecule has 0 bridgehead atoms. The van der Waals surface area contributed by atoms with E-state index < -0.39 is 45.8 Å². The molecule has 3 heterocycles. The molecule has 2 aliphatic heterocycles. The third-order valence-electron chi connectivity index (χ3n) is 7.12. The van der Waals surface area contributed by atoms with Gasteiger partial charge in [0.1, 0.15) is 11.9 Å². The van der Waals surface area contributed by atoms with Gasteiger partial charge in [-0.2, -0.15) is 4.31 Å². The number of carbonyl (C=O) groups excluding carboxylic acids is 2. The topological polar surface area (TPSA) is 158 Å². The number of anilines is 1. The fraction of sp³-hybridized carbons (Fsp3) is 0.481. The van der Waals surface area contributed by atoms with Crippen molar-refractivity contribution in [3.63, 3.8) is 0 Å². The third kappa shape index (κ3) is 7.76. The van der Waals surface area contributed by atoms with Crippen LogP contribution in [-0.4, -0.2) is 72.8 Å². The normalized spacial score (nSPS) is 16.3. The summed E-state index contributed by atoms with van der Waals surface area (Å²) in [6, 6.07) is 7.09. The molecule has 1 fully saturated rings. The summed E-state index contributed by atoms with van der Waals surface area (Å²) in [7, 11) is -4.08. The van der Waals surface area contributed by atoms with Gasteiger partial charge in [-0.1, -0.05) is 18.2 Å². The number of sulfonamides is 1. The van der Waals surface area contributed by atoms with E-state index in [1.807, 2.05) is 6.07 Å². The van der Waals surface area contributed by atoms with Crippen molar-refractivity contribution >= 4 is 33.6 Å². The molecule has 222 valence electrons. The SMILES string of the molecule is O=C(CCCCc1ccc2c(n1)NCCC2)NC[C@H](NC(=O)C1CN(S(=O)(=O)c2cccc(C(F)F)c2)C1)C(=O)O. The number of nitrogens with zero attached hydrogens (tertiary/aromatic N) is 2. The van der Waals surface area contributed by atoms with Crippen molar-refractivity contribution in [3.05, 3.63) is 53.2 Å². The Hall–Kier alpha value is -3.65. The quantitative estimate of drug-likeness (QED) is 0.257. The van der Waals surface area contributed by atoms with E-state index in [1.165, 1.54) is 17.7 Å². The lowest BCUT2D eigenvalue weighted by molar-refractivity contribution is -0.143. The molecule has 4 N–H and O–H groups in total. The fourth-order valence-corrected chi connectivity index (χ4v) is 6.24. The van der Waals surface area contributed by atoms with Gasteiger partial charge in [-0.05, 0) is 55.9 Å². The number of fused-ring (bicyclic) bond motifs is 1. The van der Waals surface area contributed by atoms with E-state index in [0.29, 0.717) is 12.8 Å². The van der Waals surface area contributed by atoms with E-state index in [2.05, 4.69) is 27.0 Å². The van der Waals surface area contributed by atoms with E-state index in [1.54, 1.807) is 0 Å². The second-order valence-electron chi connectivity index (χ2n) is 10.1.